The Kier molecular flexibility index (Phi) is 5.61. The topological polar surface area (TPSA) is 35.6 Å². The lowest BCUT2D eigenvalue weighted by Crippen LogP contribution is -2.48. The summed E-state index contributed by atoms with van der Waals surface area (Å²) in [5.41, 5.74) is 4.34. The summed E-state index contributed by atoms with van der Waals surface area (Å²) < 4.78 is 0. The van der Waals surface area contributed by atoms with E-state index in [1.54, 1.807) is 0 Å². The zero-order valence-corrected chi connectivity index (χ0v) is 15.5. The second-order valence-corrected chi connectivity index (χ2v) is 7.10. The van der Waals surface area contributed by atoms with Crippen LogP contribution in [0, 0.1) is 13.8 Å². The first-order valence-corrected chi connectivity index (χ1v) is 8.98. The van der Waals surface area contributed by atoms with Crippen molar-refractivity contribution in [2.45, 2.75) is 13.8 Å². The van der Waals surface area contributed by atoms with Crippen molar-refractivity contribution in [1.82, 2.24) is 4.90 Å². The number of nitrogens with one attached hydrogen (secondary N) is 1. The van der Waals surface area contributed by atoms with Crippen molar-refractivity contribution in [2.24, 2.45) is 0 Å². The molecule has 0 aromatic heterocycles. The van der Waals surface area contributed by atoms with E-state index in [0.717, 1.165) is 53.7 Å². The van der Waals surface area contributed by atoms with Crippen molar-refractivity contribution in [3.05, 3.63) is 58.6 Å². The molecule has 1 aliphatic rings. The number of anilines is 2. The molecule has 5 heteroatoms. The van der Waals surface area contributed by atoms with Crippen LogP contribution in [0.3, 0.4) is 0 Å². The molecular weight excluding hydrogens is 334 g/mol. The van der Waals surface area contributed by atoms with Gasteiger partial charge >= 0.3 is 0 Å². The van der Waals surface area contributed by atoms with E-state index < -0.39 is 0 Å². The number of rotatable bonds is 4. The summed E-state index contributed by atoms with van der Waals surface area (Å²) in [5, 5.41) is 3.77. The van der Waals surface area contributed by atoms with Gasteiger partial charge in [-0.3, -0.25) is 9.69 Å². The summed E-state index contributed by atoms with van der Waals surface area (Å²) in [6, 6.07) is 14.0. The lowest BCUT2D eigenvalue weighted by atomic mass is 10.1. The summed E-state index contributed by atoms with van der Waals surface area (Å²) >= 11 is 6.07. The molecule has 25 heavy (non-hydrogen) atoms. The number of benzene rings is 2. The van der Waals surface area contributed by atoms with E-state index in [2.05, 4.69) is 27.2 Å². The molecule has 1 heterocycles. The summed E-state index contributed by atoms with van der Waals surface area (Å²) in [5.74, 6) is 0.0428. The number of halogens is 1. The zero-order chi connectivity index (χ0) is 17.8. The van der Waals surface area contributed by atoms with E-state index in [9.17, 15) is 4.79 Å². The van der Waals surface area contributed by atoms with E-state index in [1.165, 1.54) is 0 Å². The highest BCUT2D eigenvalue weighted by molar-refractivity contribution is 6.30. The maximum absolute atomic E-state index is 12.3. The van der Waals surface area contributed by atoms with Crippen LogP contribution in [0.15, 0.2) is 42.5 Å². The zero-order valence-electron chi connectivity index (χ0n) is 14.8. The molecule has 0 unspecified atom stereocenters. The maximum atomic E-state index is 12.3. The van der Waals surface area contributed by atoms with Gasteiger partial charge in [-0.15, -0.1) is 0 Å². The summed E-state index contributed by atoms with van der Waals surface area (Å²) in [6.07, 6.45) is 0. The van der Waals surface area contributed by atoms with Crippen molar-refractivity contribution in [3.63, 3.8) is 0 Å². The number of nitrogens with zero attached hydrogens (tertiary/aromatic N) is 2. The van der Waals surface area contributed by atoms with Crippen LogP contribution in [0.4, 0.5) is 11.4 Å². The standard InChI is InChI=1S/C20H24ClN3O/c1-15-10-16(2)12-18(11-15)22-20(25)14-23-6-8-24(9-7-23)19-5-3-4-17(21)13-19/h3-5,10-13H,6-9,14H2,1-2H3,(H,22,25). The molecular formula is C20H24ClN3O. The SMILES string of the molecule is Cc1cc(C)cc(NC(=O)CN2CCN(c3cccc(Cl)c3)CC2)c1. The van der Waals surface area contributed by atoms with Gasteiger partial charge in [-0.25, -0.2) is 0 Å². The Morgan fingerprint density at radius 1 is 1.04 bits per heavy atom. The number of carbonyl (C=O) groups excluding carboxylic acids is 1. The fourth-order valence-electron chi connectivity index (χ4n) is 3.29. The van der Waals surface area contributed by atoms with Gasteiger partial charge in [0.15, 0.2) is 0 Å². The third-order valence-corrected chi connectivity index (χ3v) is 4.65. The first kappa shape index (κ1) is 17.8. The van der Waals surface area contributed by atoms with Crippen LogP contribution in [0.1, 0.15) is 11.1 Å². The van der Waals surface area contributed by atoms with E-state index in [0.29, 0.717) is 6.54 Å². The van der Waals surface area contributed by atoms with Gasteiger partial charge in [0.2, 0.25) is 5.91 Å². The second-order valence-electron chi connectivity index (χ2n) is 6.67. The predicted octanol–water partition coefficient (Wildman–Crippen LogP) is 3.72. The largest absolute Gasteiger partial charge is 0.369 e. The number of piperazine rings is 1. The molecule has 4 nitrogen and oxygen atoms in total. The molecule has 1 N–H and O–H groups in total. The number of hydrogen-bond donors (Lipinski definition) is 1. The van der Waals surface area contributed by atoms with Crippen molar-refractivity contribution in [3.8, 4) is 0 Å². The van der Waals surface area contributed by atoms with Crippen molar-refractivity contribution >= 4 is 28.9 Å². The number of carbonyl (C=O) groups is 1. The second kappa shape index (κ2) is 7.89. The van der Waals surface area contributed by atoms with Gasteiger partial charge < -0.3 is 10.2 Å². The van der Waals surface area contributed by atoms with Crippen LogP contribution >= 0.6 is 11.6 Å². The molecule has 1 saturated heterocycles. The number of amides is 1. The van der Waals surface area contributed by atoms with E-state index in [-0.39, 0.29) is 5.91 Å². The first-order valence-electron chi connectivity index (χ1n) is 8.60. The molecule has 0 aliphatic carbocycles. The van der Waals surface area contributed by atoms with E-state index in [1.807, 2.05) is 44.2 Å². The predicted molar refractivity (Wildman–Crippen MR) is 105 cm³/mol. The molecule has 1 fully saturated rings. The molecule has 2 aromatic rings. The van der Waals surface area contributed by atoms with Crippen molar-refractivity contribution < 1.29 is 4.79 Å². The normalized spacial score (nSPS) is 15.2. The third kappa shape index (κ3) is 4.97. The molecule has 1 amide bonds. The highest BCUT2D eigenvalue weighted by atomic mass is 35.5. The average Bonchev–Trinajstić information content (AvgIpc) is 2.54. The number of aryl methyl sites for hydroxylation is 2. The quantitative estimate of drug-likeness (QED) is 0.905. The van der Waals surface area contributed by atoms with E-state index >= 15 is 0 Å². The van der Waals surface area contributed by atoms with Gasteiger partial charge in [-0.1, -0.05) is 23.7 Å². The molecule has 132 valence electrons. The molecule has 0 saturated carbocycles. The molecule has 0 atom stereocenters. The Morgan fingerprint density at radius 3 is 2.36 bits per heavy atom. The average molecular weight is 358 g/mol. The summed E-state index contributed by atoms with van der Waals surface area (Å²) in [6.45, 7) is 8.04. The van der Waals surface area contributed by atoms with Crippen LogP contribution < -0.4 is 10.2 Å². The number of hydrogen-bond acceptors (Lipinski definition) is 3. The van der Waals surface area contributed by atoms with Gasteiger partial charge in [0.05, 0.1) is 6.54 Å². The highest BCUT2D eigenvalue weighted by Crippen LogP contribution is 2.21. The molecule has 1 aliphatic heterocycles. The Morgan fingerprint density at radius 2 is 1.72 bits per heavy atom. The Hall–Kier alpha value is -2.04. The molecule has 2 aromatic carbocycles. The van der Waals surface area contributed by atoms with E-state index in [4.69, 9.17) is 11.6 Å². The Labute approximate surface area is 154 Å². The minimum atomic E-state index is 0.0428. The fourth-order valence-corrected chi connectivity index (χ4v) is 3.47. The molecule has 0 spiro atoms. The van der Waals surface area contributed by atoms with Gasteiger partial charge in [0.25, 0.3) is 0 Å². The lowest BCUT2D eigenvalue weighted by Gasteiger charge is -2.35. The molecule has 0 radical (unpaired) electrons. The van der Waals surface area contributed by atoms with Crippen molar-refractivity contribution in [1.29, 1.82) is 0 Å². The molecule has 0 bridgehead atoms. The lowest BCUT2D eigenvalue weighted by molar-refractivity contribution is -0.117. The van der Waals surface area contributed by atoms with Gasteiger partial charge in [-0.2, -0.15) is 0 Å². The maximum Gasteiger partial charge on any atom is 0.238 e. The van der Waals surface area contributed by atoms with Gasteiger partial charge in [0.1, 0.15) is 0 Å². The van der Waals surface area contributed by atoms with Crippen LogP contribution in [0.25, 0.3) is 0 Å². The summed E-state index contributed by atoms with van der Waals surface area (Å²) in [4.78, 5) is 16.8. The monoisotopic (exact) mass is 357 g/mol. The van der Waals surface area contributed by atoms with Crippen LogP contribution in [-0.2, 0) is 4.79 Å². The fraction of sp³-hybridized carbons (Fsp3) is 0.350. The van der Waals surface area contributed by atoms with Crippen LogP contribution in [-0.4, -0.2) is 43.5 Å². The Bertz CT molecular complexity index is 734. The smallest absolute Gasteiger partial charge is 0.238 e. The van der Waals surface area contributed by atoms with Gasteiger partial charge in [-0.05, 0) is 55.3 Å². The first-order chi connectivity index (χ1) is 12.0. The minimum absolute atomic E-state index is 0.0428. The Balaban J connectivity index is 1.51. The molecule has 3 rings (SSSR count). The highest BCUT2D eigenvalue weighted by Gasteiger charge is 2.19. The van der Waals surface area contributed by atoms with Crippen LogP contribution in [0.5, 0.6) is 0 Å². The van der Waals surface area contributed by atoms with Crippen molar-refractivity contribution in [2.75, 3.05) is 42.9 Å². The third-order valence-electron chi connectivity index (χ3n) is 4.42. The minimum Gasteiger partial charge on any atom is -0.369 e. The van der Waals surface area contributed by atoms with Crippen LogP contribution in [0.2, 0.25) is 5.02 Å². The van der Waals surface area contributed by atoms with Gasteiger partial charge in [0, 0.05) is 42.6 Å². The summed E-state index contributed by atoms with van der Waals surface area (Å²) in [7, 11) is 0.